The van der Waals surface area contributed by atoms with Crippen LogP contribution in [-0.2, 0) is 6.54 Å². The lowest BCUT2D eigenvalue weighted by atomic mass is 9.83. The van der Waals surface area contributed by atoms with Gasteiger partial charge in [0.05, 0.1) is 5.69 Å². The van der Waals surface area contributed by atoms with Gasteiger partial charge in [0.2, 0.25) is 0 Å². The molecule has 2 rings (SSSR count). The van der Waals surface area contributed by atoms with Crippen molar-refractivity contribution < 1.29 is 0 Å². The quantitative estimate of drug-likeness (QED) is 0.735. The standard InChI is InChI=1S/C13H19ClN2/c1-13(2)6-8-16(9-7-13)10-11-4-3-5-12(14)15-11/h3-5H,6-10H2,1-2H3. The average molecular weight is 239 g/mol. The van der Waals surface area contributed by atoms with Gasteiger partial charge in [0, 0.05) is 6.54 Å². The molecule has 1 fully saturated rings. The molecule has 16 heavy (non-hydrogen) atoms. The first-order chi connectivity index (χ1) is 7.55. The minimum atomic E-state index is 0.512. The first-order valence-electron chi connectivity index (χ1n) is 5.89. The maximum atomic E-state index is 5.88. The molecule has 0 saturated carbocycles. The Morgan fingerprint density at radius 1 is 1.31 bits per heavy atom. The lowest BCUT2D eigenvalue weighted by molar-refractivity contribution is 0.126. The first-order valence-corrected chi connectivity index (χ1v) is 6.27. The summed E-state index contributed by atoms with van der Waals surface area (Å²) in [6, 6.07) is 5.84. The van der Waals surface area contributed by atoms with Crippen LogP contribution in [0.5, 0.6) is 0 Å². The van der Waals surface area contributed by atoms with Crippen molar-refractivity contribution in [2.24, 2.45) is 5.41 Å². The largest absolute Gasteiger partial charge is 0.297 e. The highest BCUT2D eigenvalue weighted by atomic mass is 35.5. The molecule has 3 heteroatoms. The molecule has 1 aliphatic rings. The molecule has 1 aliphatic heterocycles. The number of hydrogen-bond donors (Lipinski definition) is 0. The topological polar surface area (TPSA) is 16.1 Å². The van der Waals surface area contributed by atoms with Crippen LogP contribution >= 0.6 is 11.6 Å². The Morgan fingerprint density at radius 2 is 2.00 bits per heavy atom. The monoisotopic (exact) mass is 238 g/mol. The van der Waals surface area contributed by atoms with Crippen LogP contribution in [0.1, 0.15) is 32.4 Å². The molecule has 0 aromatic carbocycles. The van der Waals surface area contributed by atoms with E-state index in [0.29, 0.717) is 10.6 Å². The molecule has 0 aliphatic carbocycles. The third kappa shape index (κ3) is 3.19. The van der Waals surface area contributed by atoms with Crippen molar-refractivity contribution >= 4 is 11.6 Å². The van der Waals surface area contributed by atoms with Crippen LogP contribution in [-0.4, -0.2) is 23.0 Å². The maximum Gasteiger partial charge on any atom is 0.129 e. The van der Waals surface area contributed by atoms with E-state index in [4.69, 9.17) is 11.6 Å². The molecule has 0 unspecified atom stereocenters. The van der Waals surface area contributed by atoms with Crippen LogP contribution in [0, 0.1) is 5.41 Å². The molecule has 2 nitrogen and oxygen atoms in total. The zero-order valence-corrected chi connectivity index (χ0v) is 10.8. The van der Waals surface area contributed by atoms with Crippen molar-refractivity contribution in [3.8, 4) is 0 Å². The molecule has 0 atom stereocenters. The minimum absolute atomic E-state index is 0.512. The molecule has 88 valence electrons. The summed E-state index contributed by atoms with van der Waals surface area (Å²) in [5.74, 6) is 0. The second-order valence-corrected chi connectivity index (χ2v) is 5.78. The summed E-state index contributed by atoms with van der Waals surface area (Å²) < 4.78 is 0. The van der Waals surface area contributed by atoms with Crippen LogP contribution in [0.15, 0.2) is 18.2 Å². The summed E-state index contributed by atoms with van der Waals surface area (Å²) >= 11 is 5.88. The van der Waals surface area contributed by atoms with E-state index < -0.39 is 0 Å². The number of aromatic nitrogens is 1. The molecule has 0 radical (unpaired) electrons. The molecular formula is C13H19ClN2. The fourth-order valence-electron chi connectivity index (χ4n) is 2.08. The van der Waals surface area contributed by atoms with E-state index in [1.165, 1.54) is 25.9 Å². The lowest BCUT2D eigenvalue weighted by Gasteiger charge is -2.36. The van der Waals surface area contributed by atoms with E-state index in [1.54, 1.807) is 0 Å². The Hall–Kier alpha value is -0.600. The van der Waals surface area contributed by atoms with Crippen molar-refractivity contribution in [3.63, 3.8) is 0 Å². The molecule has 0 N–H and O–H groups in total. The Bertz CT molecular complexity index is 353. The number of pyridine rings is 1. The molecule has 1 aromatic rings. The fraction of sp³-hybridized carbons (Fsp3) is 0.615. The van der Waals surface area contributed by atoms with Gasteiger partial charge in [-0.1, -0.05) is 31.5 Å². The van der Waals surface area contributed by atoms with Crippen LogP contribution in [0.3, 0.4) is 0 Å². The van der Waals surface area contributed by atoms with Gasteiger partial charge in [0.1, 0.15) is 5.15 Å². The highest BCUT2D eigenvalue weighted by molar-refractivity contribution is 6.29. The molecule has 0 bridgehead atoms. The molecular weight excluding hydrogens is 220 g/mol. The predicted octanol–water partition coefficient (Wildman–Crippen LogP) is 3.36. The second-order valence-electron chi connectivity index (χ2n) is 5.39. The van der Waals surface area contributed by atoms with Crippen LogP contribution in [0.4, 0.5) is 0 Å². The van der Waals surface area contributed by atoms with Crippen molar-refractivity contribution in [2.75, 3.05) is 13.1 Å². The van der Waals surface area contributed by atoms with E-state index in [-0.39, 0.29) is 0 Å². The Morgan fingerprint density at radius 3 is 2.62 bits per heavy atom. The number of halogens is 1. The smallest absolute Gasteiger partial charge is 0.129 e. The predicted molar refractivity (Wildman–Crippen MR) is 67.5 cm³/mol. The van der Waals surface area contributed by atoms with Gasteiger partial charge in [-0.2, -0.15) is 0 Å². The summed E-state index contributed by atoms with van der Waals surface area (Å²) in [7, 11) is 0. The van der Waals surface area contributed by atoms with Gasteiger partial charge in [-0.15, -0.1) is 0 Å². The molecule has 0 spiro atoms. The van der Waals surface area contributed by atoms with E-state index in [1.807, 2.05) is 18.2 Å². The Labute approximate surface area is 103 Å². The van der Waals surface area contributed by atoms with Crippen molar-refractivity contribution in [3.05, 3.63) is 29.0 Å². The fourth-order valence-corrected chi connectivity index (χ4v) is 2.27. The number of piperidine rings is 1. The van der Waals surface area contributed by atoms with Crippen LogP contribution < -0.4 is 0 Å². The summed E-state index contributed by atoms with van der Waals surface area (Å²) in [6.45, 7) is 7.96. The molecule has 1 saturated heterocycles. The first kappa shape index (κ1) is 11.9. The molecule has 1 aromatic heterocycles. The third-order valence-corrected chi connectivity index (χ3v) is 3.58. The highest BCUT2D eigenvalue weighted by Crippen LogP contribution is 2.30. The maximum absolute atomic E-state index is 5.88. The number of likely N-dealkylation sites (tertiary alicyclic amines) is 1. The summed E-state index contributed by atoms with van der Waals surface area (Å²) in [4.78, 5) is 6.79. The zero-order valence-electron chi connectivity index (χ0n) is 10.0. The van der Waals surface area contributed by atoms with E-state index in [2.05, 4.69) is 23.7 Å². The number of rotatable bonds is 2. The normalized spacial score (nSPS) is 20.9. The molecule has 2 heterocycles. The molecule has 0 amide bonds. The third-order valence-electron chi connectivity index (χ3n) is 3.37. The van der Waals surface area contributed by atoms with Gasteiger partial charge in [-0.3, -0.25) is 4.90 Å². The van der Waals surface area contributed by atoms with Crippen molar-refractivity contribution in [1.82, 2.24) is 9.88 Å². The average Bonchev–Trinajstić information content (AvgIpc) is 2.21. The van der Waals surface area contributed by atoms with Crippen LogP contribution in [0.25, 0.3) is 0 Å². The van der Waals surface area contributed by atoms with E-state index >= 15 is 0 Å². The van der Waals surface area contributed by atoms with Crippen LogP contribution in [0.2, 0.25) is 5.15 Å². The summed E-state index contributed by atoms with van der Waals surface area (Å²) in [5.41, 5.74) is 1.59. The highest BCUT2D eigenvalue weighted by Gasteiger charge is 2.25. The minimum Gasteiger partial charge on any atom is -0.297 e. The van der Waals surface area contributed by atoms with Gasteiger partial charge in [-0.05, 0) is 43.5 Å². The number of hydrogen-bond acceptors (Lipinski definition) is 2. The van der Waals surface area contributed by atoms with Gasteiger partial charge < -0.3 is 0 Å². The van der Waals surface area contributed by atoms with Gasteiger partial charge in [0.25, 0.3) is 0 Å². The van der Waals surface area contributed by atoms with Crippen molar-refractivity contribution in [2.45, 2.75) is 33.2 Å². The van der Waals surface area contributed by atoms with Crippen molar-refractivity contribution in [1.29, 1.82) is 0 Å². The van der Waals surface area contributed by atoms with Gasteiger partial charge in [0.15, 0.2) is 0 Å². The second kappa shape index (κ2) is 4.72. The SMILES string of the molecule is CC1(C)CCN(Cc2cccc(Cl)n2)CC1. The Balaban J connectivity index is 1.92. The van der Waals surface area contributed by atoms with Gasteiger partial charge in [-0.25, -0.2) is 4.98 Å². The number of nitrogens with zero attached hydrogens (tertiary/aromatic N) is 2. The van der Waals surface area contributed by atoms with Gasteiger partial charge >= 0.3 is 0 Å². The summed E-state index contributed by atoms with van der Waals surface area (Å²) in [6.07, 6.45) is 2.54. The Kier molecular flexibility index (Phi) is 3.50. The summed E-state index contributed by atoms with van der Waals surface area (Å²) in [5, 5.41) is 0.592. The van der Waals surface area contributed by atoms with E-state index in [0.717, 1.165) is 12.2 Å². The zero-order chi connectivity index (χ0) is 11.6. The van der Waals surface area contributed by atoms with E-state index in [9.17, 15) is 0 Å². The lowest BCUT2D eigenvalue weighted by Crippen LogP contribution is -2.36.